The topological polar surface area (TPSA) is 36.7 Å². The molecule has 96 valence electrons. The van der Waals surface area contributed by atoms with E-state index in [1.54, 1.807) is 0 Å². The standard InChI is InChI=1S/C16H15ClN2/c1-10-4-6-13(7-5-10)8-14-11(2)15(9-18)16(17)19-12(14)3/h4-7H,8H2,1-3H3. The van der Waals surface area contributed by atoms with Crippen molar-refractivity contribution in [1.29, 1.82) is 5.26 Å². The first-order valence-electron chi connectivity index (χ1n) is 6.14. The van der Waals surface area contributed by atoms with Crippen LogP contribution in [0.3, 0.4) is 0 Å². The molecule has 0 saturated carbocycles. The Hall–Kier alpha value is -1.85. The lowest BCUT2D eigenvalue weighted by atomic mass is 9.96. The SMILES string of the molecule is Cc1ccc(Cc2c(C)nc(Cl)c(C#N)c2C)cc1. The van der Waals surface area contributed by atoms with Crippen molar-refractivity contribution in [2.75, 3.05) is 0 Å². The molecule has 1 aromatic heterocycles. The summed E-state index contributed by atoms with van der Waals surface area (Å²) < 4.78 is 0. The molecule has 0 radical (unpaired) electrons. The molecule has 2 aromatic rings. The fraction of sp³-hybridized carbons (Fsp3) is 0.250. The second-order valence-electron chi connectivity index (χ2n) is 4.74. The number of aromatic nitrogens is 1. The Kier molecular flexibility index (Phi) is 3.87. The van der Waals surface area contributed by atoms with Gasteiger partial charge in [0.25, 0.3) is 0 Å². The third-order valence-electron chi connectivity index (χ3n) is 3.35. The van der Waals surface area contributed by atoms with Crippen LogP contribution in [0.15, 0.2) is 24.3 Å². The molecule has 19 heavy (non-hydrogen) atoms. The third-order valence-corrected chi connectivity index (χ3v) is 3.62. The second-order valence-corrected chi connectivity index (χ2v) is 5.10. The molecule has 2 rings (SSSR count). The van der Waals surface area contributed by atoms with E-state index in [2.05, 4.69) is 42.2 Å². The Morgan fingerprint density at radius 1 is 1.16 bits per heavy atom. The number of aryl methyl sites for hydroxylation is 2. The van der Waals surface area contributed by atoms with Crippen molar-refractivity contribution in [2.45, 2.75) is 27.2 Å². The zero-order chi connectivity index (χ0) is 14.0. The quantitative estimate of drug-likeness (QED) is 0.770. The van der Waals surface area contributed by atoms with Crippen LogP contribution in [-0.4, -0.2) is 4.98 Å². The zero-order valence-corrected chi connectivity index (χ0v) is 12.0. The Bertz CT molecular complexity index is 652. The number of benzene rings is 1. The van der Waals surface area contributed by atoms with Crippen molar-refractivity contribution >= 4 is 11.6 Å². The molecule has 0 saturated heterocycles. The number of hydrogen-bond acceptors (Lipinski definition) is 2. The number of hydrogen-bond donors (Lipinski definition) is 0. The fourth-order valence-corrected chi connectivity index (χ4v) is 2.46. The van der Waals surface area contributed by atoms with Crippen molar-refractivity contribution < 1.29 is 0 Å². The van der Waals surface area contributed by atoms with E-state index in [1.165, 1.54) is 11.1 Å². The molecule has 3 heteroatoms. The van der Waals surface area contributed by atoms with Crippen LogP contribution in [0.5, 0.6) is 0 Å². The maximum atomic E-state index is 9.14. The maximum absolute atomic E-state index is 9.14. The first-order chi connectivity index (χ1) is 9.02. The summed E-state index contributed by atoms with van der Waals surface area (Å²) in [5, 5.41) is 9.44. The Morgan fingerprint density at radius 2 is 1.79 bits per heavy atom. The summed E-state index contributed by atoms with van der Waals surface area (Å²) in [5.74, 6) is 0. The van der Waals surface area contributed by atoms with Crippen LogP contribution in [0, 0.1) is 32.1 Å². The van der Waals surface area contributed by atoms with Gasteiger partial charge in [-0.1, -0.05) is 41.4 Å². The summed E-state index contributed by atoms with van der Waals surface area (Å²) in [7, 11) is 0. The number of nitriles is 1. The average molecular weight is 271 g/mol. The predicted molar refractivity (Wildman–Crippen MR) is 77.4 cm³/mol. The smallest absolute Gasteiger partial charge is 0.147 e. The van der Waals surface area contributed by atoms with Crippen LogP contribution >= 0.6 is 11.6 Å². The van der Waals surface area contributed by atoms with E-state index in [0.29, 0.717) is 10.7 Å². The lowest BCUT2D eigenvalue weighted by molar-refractivity contribution is 1.04. The highest BCUT2D eigenvalue weighted by molar-refractivity contribution is 6.30. The first-order valence-corrected chi connectivity index (χ1v) is 6.52. The molecular weight excluding hydrogens is 256 g/mol. The van der Waals surface area contributed by atoms with Crippen LogP contribution in [0.1, 0.15) is 33.5 Å². The van der Waals surface area contributed by atoms with Crippen molar-refractivity contribution in [3.05, 3.63) is 62.9 Å². The molecule has 0 aliphatic heterocycles. The van der Waals surface area contributed by atoms with Gasteiger partial charge in [-0.3, -0.25) is 0 Å². The number of nitrogens with zero attached hydrogens (tertiary/aromatic N) is 2. The minimum absolute atomic E-state index is 0.296. The van der Waals surface area contributed by atoms with Crippen molar-refractivity contribution in [1.82, 2.24) is 4.98 Å². The van der Waals surface area contributed by atoms with Gasteiger partial charge in [-0.15, -0.1) is 0 Å². The van der Waals surface area contributed by atoms with E-state index in [-0.39, 0.29) is 0 Å². The van der Waals surface area contributed by atoms with Crippen molar-refractivity contribution in [3.8, 4) is 6.07 Å². The largest absolute Gasteiger partial charge is 0.240 e. The third kappa shape index (κ3) is 2.77. The molecule has 2 nitrogen and oxygen atoms in total. The van der Waals surface area contributed by atoms with Gasteiger partial charge in [-0.2, -0.15) is 5.26 Å². The molecule has 0 aliphatic rings. The number of halogens is 1. The van der Waals surface area contributed by atoms with Crippen molar-refractivity contribution in [3.63, 3.8) is 0 Å². The highest BCUT2D eigenvalue weighted by Crippen LogP contribution is 2.24. The summed E-state index contributed by atoms with van der Waals surface area (Å²) in [4.78, 5) is 4.26. The highest BCUT2D eigenvalue weighted by Gasteiger charge is 2.13. The zero-order valence-electron chi connectivity index (χ0n) is 11.3. The Morgan fingerprint density at radius 3 is 2.37 bits per heavy atom. The fourth-order valence-electron chi connectivity index (χ4n) is 2.15. The summed E-state index contributed by atoms with van der Waals surface area (Å²) in [6.07, 6.45) is 0.775. The van der Waals surface area contributed by atoms with E-state index >= 15 is 0 Å². The number of rotatable bonds is 2. The maximum Gasteiger partial charge on any atom is 0.147 e. The first kappa shape index (κ1) is 13.6. The molecule has 0 spiro atoms. The summed E-state index contributed by atoms with van der Waals surface area (Å²) in [6.45, 7) is 5.93. The minimum atomic E-state index is 0.296. The monoisotopic (exact) mass is 270 g/mol. The second kappa shape index (κ2) is 5.42. The molecule has 0 unspecified atom stereocenters. The van der Waals surface area contributed by atoms with Crippen LogP contribution in [-0.2, 0) is 6.42 Å². The van der Waals surface area contributed by atoms with Gasteiger partial charge in [0, 0.05) is 5.69 Å². The van der Waals surface area contributed by atoms with E-state index in [1.807, 2.05) is 13.8 Å². The van der Waals surface area contributed by atoms with Crippen molar-refractivity contribution in [2.24, 2.45) is 0 Å². The van der Waals surface area contributed by atoms with Crippen LogP contribution in [0.4, 0.5) is 0 Å². The lowest BCUT2D eigenvalue weighted by Crippen LogP contribution is -2.02. The summed E-state index contributed by atoms with van der Waals surface area (Å²) in [5.41, 5.74) is 5.84. The van der Waals surface area contributed by atoms with Crippen LogP contribution in [0.25, 0.3) is 0 Å². The molecule has 1 heterocycles. The van der Waals surface area contributed by atoms with Gasteiger partial charge in [-0.25, -0.2) is 4.98 Å². The molecule has 0 amide bonds. The highest BCUT2D eigenvalue weighted by atomic mass is 35.5. The summed E-state index contributed by atoms with van der Waals surface area (Å²) >= 11 is 6.00. The molecule has 0 N–H and O–H groups in total. The molecule has 0 bridgehead atoms. The van der Waals surface area contributed by atoms with E-state index in [9.17, 15) is 0 Å². The molecular formula is C16H15ClN2. The molecule has 0 fully saturated rings. The lowest BCUT2D eigenvalue weighted by Gasteiger charge is -2.12. The van der Waals surface area contributed by atoms with Crippen LogP contribution < -0.4 is 0 Å². The van der Waals surface area contributed by atoms with E-state index < -0.39 is 0 Å². The Labute approximate surface area is 118 Å². The number of pyridine rings is 1. The Balaban J connectivity index is 2.46. The molecule has 0 atom stereocenters. The average Bonchev–Trinajstić information content (AvgIpc) is 2.37. The van der Waals surface area contributed by atoms with Gasteiger partial charge in [0.2, 0.25) is 0 Å². The van der Waals surface area contributed by atoms with Crippen LogP contribution in [0.2, 0.25) is 5.15 Å². The van der Waals surface area contributed by atoms with Gasteiger partial charge >= 0.3 is 0 Å². The molecule has 0 aliphatic carbocycles. The predicted octanol–water partition coefficient (Wildman–Crippen LogP) is 4.12. The van der Waals surface area contributed by atoms with Gasteiger partial charge in [0.1, 0.15) is 11.2 Å². The summed E-state index contributed by atoms with van der Waals surface area (Å²) in [6, 6.07) is 10.5. The van der Waals surface area contributed by atoms with Gasteiger partial charge in [0.15, 0.2) is 0 Å². The van der Waals surface area contributed by atoms with Gasteiger partial charge in [-0.05, 0) is 43.9 Å². The normalized spacial score (nSPS) is 10.3. The molecule has 1 aromatic carbocycles. The van der Waals surface area contributed by atoms with E-state index in [0.717, 1.165) is 23.2 Å². The van der Waals surface area contributed by atoms with E-state index in [4.69, 9.17) is 16.9 Å². The van der Waals surface area contributed by atoms with Gasteiger partial charge < -0.3 is 0 Å². The minimum Gasteiger partial charge on any atom is -0.240 e. The van der Waals surface area contributed by atoms with Gasteiger partial charge in [0.05, 0.1) is 5.56 Å².